The number of nitrogens with one attached hydrogen (secondary N) is 1. The third-order valence-corrected chi connectivity index (χ3v) is 5.21. The van der Waals surface area contributed by atoms with Gasteiger partial charge in [-0.1, -0.05) is 32.0 Å². The summed E-state index contributed by atoms with van der Waals surface area (Å²) in [5.74, 6) is 0.247. The molecular weight excluding hydrogens is 370 g/mol. The van der Waals surface area contributed by atoms with Gasteiger partial charge in [0, 0.05) is 32.7 Å². The van der Waals surface area contributed by atoms with E-state index in [0.717, 1.165) is 21.4 Å². The maximum atomic E-state index is 12.5. The normalized spacial score (nSPS) is 11.4. The van der Waals surface area contributed by atoms with Gasteiger partial charge in [0.1, 0.15) is 0 Å². The van der Waals surface area contributed by atoms with Crippen molar-refractivity contribution in [1.29, 1.82) is 0 Å². The minimum atomic E-state index is -0.411. The van der Waals surface area contributed by atoms with E-state index in [9.17, 15) is 14.4 Å². The molecule has 0 saturated carbocycles. The Balaban J connectivity index is 1.73. The third kappa shape index (κ3) is 3.87. The predicted octanol–water partition coefficient (Wildman–Crippen LogP) is 2.28. The highest BCUT2D eigenvalue weighted by atomic mass is 16.2. The number of hydrogen-bond donors (Lipinski definition) is 1. The summed E-state index contributed by atoms with van der Waals surface area (Å²) < 4.78 is 4.13. The predicted molar refractivity (Wildman–Crippen MR) is 113 cm³/mol. The van der Waals surface area contributed by atoms with Crippen LogP contribution < -0.4 is 16.6 Å². The van der Waals surface area contributed by atoms with Crippen LogP contribution in [0, 0.1) is 6.92 Å². The number of fused-ring (bicyclic) bond motifs is 1. The molecule has 0 unspecified atom stereocenters. The molecule has 2 heterocycles. The number of amides is 1. The molecule has 0 aliphatic heterocycles. The molecule has 0 bridgehead atoms. The van der Waals surface area contributed by atoms with Crippen LogP contribution in [0.25, 0.3) is 11.2 Å². The van der Waals surface area contributed by atoms with Crippen molar-refractivity contribution in [1.82, 2.24) is 18.7 Å². The van der Waals surface area contributed by atoms with E-state index in [1.54, 1.807) is 17.9 Å². The second kappa shape index (κ2) is 8.06. The van der Waals surface area contributed by atoms with Crippen molar-refractivity contribution in [3.05, 3.63) is 56.5 Å². The van der Waals surface area contributed by atoms with Gasteiger partial charge in [0.25, 0.3) is 5.56 Å². The largest absolute Gasteiger partial charge is 0.332 e. The Hall–Kier alpha value is -3.16. The van der Waals surface area contributed by atoms with Crippen molar-refractivity contribution >= 4 is 22.8 Å². The second-order valence-corrected chi connectivity index (χ2v) is 7.66. The van der Waals surface area contributed by atoms with Gasteiger partial charge in [-0.15, -0.1) is 0 Å². The van der Waals surface area contributed by atoms with Crippen LogP contribution in [-0.2, 0) is 25.4 Å². The summed E-state index contributed by atoms with van der Waals surface area (Å²) in [6.07, 6.45) is 2.41. The van der Waals surface area contributed by atoms with Crippen LogP contribution in [0.15, 0.2) is 34.1 Å². The monoisotopic (exact) mass is 397 g/mol. The molecule has 0 spiro atoms. The number of aromatic nitrogens is 4. The number of aryl methyl sites for hydroxylation is 3. The fraction of sp³-hybridized carbons (Fsp3) is 0.429. The molecule has 0 saturated heterocycles. The van der Waals surface area contributed by atoms with Gasteiger partial charge in [0.15, 0.2) is 11.2 Å². The molecule has 2 aromatic heterocycles. The van der Waals surface area contributed by atoms with Crippen LogP contribution in [0.4, 0.5) is 5.69 Å². The van der Waals surface area contributed by atoms with Crippen molar-refractivity contribution in [3.8, 4) is 0 Å². The Kier molecular flexibility index (Phi) is 5.72. The second-order valence-electron chi connectivity index (χ2n) is 7.66. The van der Waals surface area contributed by atoms with Crippen LogP contribution in [-0.4, -0.2) is 24.6 Å². The van der Waals surface area contributed by atoms with Gasteiger partial charge in [-0.05, 0) is 30.4 Å². The summed E-state index contributed by atoms with van der Waals surface area (Å²) in [6, 6.07) is 6.02. The van der Waals surface area contributed by atoms with E-state index in [0.29, 0.717) is 36.5 Å². The van der Waals surface area contributed by atoms with Gasteiger partial charge in [0.05, 0.1) is 6.33 Å². The van der Waals surface area contributed by atoms with Crippen molar-refractivity contribution in [2.24, 2.45) is 14.1 Å². The van der Waals surface area contributed by atoms with Crippen molar-refractivity contribution < 1.29 is 4.79 Å². The quantitative estimate of drug-likeness (QED) is 0.691. The first-order valence-electron chi connectivity index (χ1n) is 9.72. The minimum Gasteiger partial charge on any atom is -0.326 e. The zero-order valence-electron chi connectivity index (χ0n) is 17.5. The Labute approximate surface area is 168 Å². The number of anilines is 1. The Morgan fingerprint density at radius 3 is 2.59 bits per heavy atom. The zero-order chi connectivity index (χ0) is 21.3. The molecule has 1 aromatic carbocycles. The minimum absolute atomic E-state index is 0.0640. The van der Waals surface area contributed by atoms with Crippen LogP contribution >= 0.6 is 0 Å². The average molecular weight is 397 g/mol. The molecule has 29 heavy (non-hydrogen) atoms. The van der Waals surface area contributed by atoms with E-state index in [1.165, 1.54) is 11.6 Å². The van der Waals surface area contributed by atoms with Gasteiger partial charge in [-0.25, -0.2) is 9.78 Å². The molecule has 1 N–H and O–H groups in total. The lowest BCUT2D eigenvalue weighted by Gasteiger charge is -2.16. The highest BCUT2D eigenvalue weighted by molar-refractivity contribution is 5.92. The topological polar surface area (TPSA) is 90.9 Å². The molecule has 3 rings (SSSR count). The zero-order valence-corrected chi connectivity index (χ0v) is 17.5. The van der Waals surface area contributed by atoms with Crippen LogP contribution in [0.5, 0.6) is 0 Å². The summed E-state index contributed by atoms with van der Waals surface area (Å²) in [7, 11) is 3.03. The number of nitrogens with zero attached hydrogens (tertiary/aromatic N) is 4. The highest BCUT2D eigenvalue weighted by Crippen LogP contribution is 2.27. The van der Waals surface area contributed by atoms with Crippen LogP contribution in [0.2, 0.25) is 0 Å². The standard InChI is InChI=1S/C21H27N5O3/c1-13(2)15-9-6-8-14(3)17(15)23-16(27)10-7-11-26-12-22-19-18(26)20(28)25(5)21(29)24(19)4/h6,8-9,12-13H,7,10-11H2,1-5H3,(H,23,27). The van der Waals surface area contributed by atoms with Gasteiger partial charge >= 0.3 is 5.69 Å². The van der Waals surface area contributed by atoms with E-state index >= 15 is 0 Å². The molecule has 0 atom stereocenters. The molecular formula is C21H27N5O3. The summed E-state index contributed by atoms with van der Waals surface area (Å²) in [6.45, 7) is 6.64. The van der Waals surface area contributed by atoms with Crippen molar-refractivity contribution in [2.45, 2.75) is 46.1 Å². The molecule has 0 aliphatic carbocycles. The molecule has 154 valence electrons. The van der Waals surface area contributed by atoms with Crippen LogP contribution in [0.3, 0.4) is 0 Å². The lowest BCUT2D eigenvalue weighted by molar-refractivity contribution is -0.116. The van der Waals surface area contributed by atoms with Crippen LogP contribution in [0.1, 0.15) is 43.7 Å². The van der Waals surface area contributed by atoms with E-state index in [2.05, 4.69) is 24.1 Å². The molecule has 0 aliphatic rings. The molecule has 8 nitrogen and oxygen atoms in total. The maximum Gasteiger partial charge on any atom is 0.332 e. The van der Waals surface area contributed by atoms with E-state index < -0.39 is 5.69 Å². The Morgan fingerprint density at radius 2 is 1.90 bits per heavy atom. The lowest BCUT2D eigenvalue weighted by Crippen LogP contribution is -2.37. The fourth-order valence-electron chi connectivity index (χ4n) is 3.52. The molecule has 0 fully saturated rings. The number of hydrogen-bond acceptors (Lipinski definition) is 4. The SMILES string of the molecule is Cc1cccc(C(C)C)c1NC(=O)CCCn1cnc2c1c(=O)n(C)c(=O)n2C. The van der Waals surface area contributed by atoms with E-state index in [4.69, 9.17) is 0 Å². The highest BCUT2D eigenvalue weighted by Gasteiger charge is 2.15. The average Bonchev–Trinajstić information content (AvgIpc) is 3.10. The Bertz CT molecular complexity index is 1180. The van der Waals surface area contributed by atoms with Gasteiger partial charge in [0.2, 0.25) is 5.91 Å². The van der Waals surface area contributed by atoms with E-state index in [1.807, 2.05) is 25.1 Å². The lowest BCUT2D eigenvalue weighted by atomic mass is 9.98. The molecule has 0 radical (unpaired) electrons. The summed E-state index contributed by atoms with van der Waals surface area (Å²) in [4.78, 5) is 41.2. The number of imidazole rings is 1. The number of rotatable bonds is 6. The van der Waals surface area contributed by atoms with Gasteiger partial charge in [-0.3, -0.25) is 18.7 Å². The summed E-state index contributed by atoms with van der Waals surface area (Å²) in [5, 5.41) is 3.04. The number of para-hydroxylation sites is 1. The molecule has 3 aromatic rings. The first kappa shape index (κ1) is 20.6. The number of carbonyl (C=O) groups excluding carboxylic acids is 1. The van der Waals surface area contributed by atoms with Gasteiger partial charge < -0.3 is 9.88 Å². The maximum absolute atomic E-state index is 12.5. The first-order valence-corrected chi connectivity index (χ1v) is 9.72. The fourth-order valence-corrected chi connectivity index (χ4v) is 3.52. The van der Waals surface area contributed by atoms with Gasteiger partial charge in [-0.2, -0.15) is 0 Å². The summed E-state index contributed by atoms with van der Waals surface area (Å²) >= 11 is 0. The van der Waals surface area contributed by atoms with E-state index in [-0.39, 0.29) is 11.5 Å². The molecule has 8 heteroatoms. The van der Waals surface area contributed by atoms with Crippen molar-refractivity contribution in [3.63, 3.8) is 0 Å². The number of carbonyl (C=O) groups is 1. The first-order chi connectivity index (χ1) is 13.7. The smallest absolute Gasteiger partial charge is 0.326 e. The third-order valence-electron chi connectivity index (χ3n) is 5.21. The summed E-state index contributed by atoms with van der Waals surface area (Å²) in [5.41, 5.74) is 2.96. The number of benzene rings is 1. The Morgan fingerprint density at radius 1 is 1.17 bits per heavy atom. The molecule has 1 amide bonds. The van der Waals surface area contributed by atoms with Crippen molar-refractivity contribution in [2.75, 3.05) is 5.32 Å².